The largest absolute Gasteiger partial charge is 0.483 e. The van der Waals surface area contributed by atoms with E-state index in [0.29, 0.717) is 0 Å². The van der Waals surface area contributed by atoms with Gasteiger partial charge in [-0.1, -0.05) is 30.3 Å². The average Bonchev–Trinajstić information content (AvgIpc) is 3.08. The molecule has 0 aliphatic carbocycles. The van der Waals surface area contributed by atoms with Gasteiger partial charge in [0.05, 0.1) is 0 Å². The standard InChI is InChI=1S/C24H26BrNS2.CH2O2/c25-22-6-1-2-7-24(22)28-19-10-11-23-20(15-19)21(16-27-23)17-8-9-18-5-3-4-13-26(18)14-12-17;2-1-3/h1-2,6-7,10-11,15-18H,3-5,8-9,12-14H2;1H,(H,2,3). The minimum atomic E-state index is -0.250. The maximum atomic E-state index is 8.36. The molecule has 2 aliphatic rings. The molecule has 2 saturated heterocycles. The van der Waals surface area contributed by atoms with Gasteiger partial charge in [0.25, 0.3) is 6.47 Å². The van der Waals surface area contributed by atoms with Crippen molar-refractivity contribution in [3.63, 3.8) is 0 Å². The van der Waals surface area contributed by atoms with Crippen LogP contribution in [0.3, 0.4) is 0 Å². The minimum Gasteiger partial charge on any atom is -0.483 e. The third kappa shape index (κ3) is 5.54. The van der Waals surface area contributed by atoms with Crippen LogP contribution in [0, 0.1) is 0 Å². The van der Waals surface area contributed by atoms with Gasteiger partial charge in [-0.25, -0.2) is 0 Å². The number of rotatable bonds is 3. The molecular weight excluding hydrogens is 490 g/mol. The molecule has 5 rings (SSSR count). The Morgan fingerprint density at radius 1 is 1.06 bits per heavy atom. The number of carboxylic acid groups (broad SMARTS) is 1. The highest BCUT2D eigenvalue weighted by Crippen LogP contribution is 2.41. The Kier molecular flexibility index (Phi) is 8.10. The van der Waals surface area contributed by atoms with Crippen molar-refractivity contribution in [2.24, 2.45) is 0 Å². The second-order valence-corrected chi connectivity index (χ2v) is 11.1. The number of benzene rings is 2. The summed E-state index contributed by atoms with van der Waals surface area (Å²) in [6.07, 6.45) is 8.32. The first-order chi connectivity index (χ1) is 15.2. The molecule has 1 N–H and O–H groups in total. The Morgan fingerprint density at radius 2 is 1.90 bits per heavy atom. The molecule has 31 heavy (non-hydrogen) atoms. The Hall–Kier alpha value is -1.34. The molecule has 2 unspecified atom stereocenters. The van der Waals surface area contributed by atoms with Gasteiger partial charge in [0, 0.05) is 25.0 Å². The molecule has 2 aliphatic heterocycles. The van der Waals surface area contributed by atoms with E-state index in [4.69, 9.17) is 9.90 Å². The topological polar surface area (TPSA) is 40.5 Å². The monoisotopic (exact) mass is 517 g/mol. The second-order valence-electron chi connectivity index (χ2n) is 8.24. The summed E-state index contributed by atoms with van der Waals surface area (Å²) < 4.78 is 2.61. The summed E-state index contributed by atoms with van der Waals surface area (Å²) in [5.74, 6) is 0.725. The van der Waals surface area contributed by atoms with Crippen molar-refractivity contribution in [1.82, 2.24) is 4.90 Å². The van der Waals surface area contributed by atoms with Crippen LogP contribution >= 0.6 is 39.0 Å². The fraction of sp³-hybridized carbons (Fsp3) is 0.400. The SMILES string of the molecule is Brc1ccccc1Sc1ccc2scc(C3CCC4CCCCN4CC3)c2c1.O=CO. The molecule has 164 valence electrons. The summed E-state index contributed by atoms with van der Waals surface area (Å²) in [6.45, 7) is 2.37. The highest BCUT2D eigenvalue weighted by Gasteiger charge is 2.28. The van der Waals surface area contributed by atoms with Gasteiger partial charge in [-0.05, 0) is 114 Å². The van der Waals surface area contributed by atoms with Crippen LogP contribution in [-0.4, -0.2) is 35.6 Å². The van der Waals surface area contributed by atoms with Crippen LogP contribution in [0.5, 0.6) is 0 Å². The van der Waals surface area contributed by atoms with Gasteiger partial charge < -0.3 is 10.0 Å². The molecule has 0 radical (unpaired) electrons. The zero-order valence-corrected chi connectivity index (χ0v) is 20.7. The number of fused-ring (bicyclic) bond motifs is 2. The zero-order chi connectivity index (χ0) is 21.6. The van der Waals surface area contributed by atoms with E-state index in [0.717, 1.165) is 12.0 Å². The van der Waals surface area contributed by atoms with Crippen molar-refractivity contribution in [2.75, 3.05) is 13.1 Å². The van der Waals surface area contributed by atoms with Crippen LogP contribution in [0.1, 0.15) is 50.0 Å². The van der Waals surface area contributed by atoms with Gasteiger partial charge in [0.1, 0.15) is 0 Å². The predicted octanol–water partition coefficient (Wildman–Crippen LogP) is 7.64. The summed E-state index contributed by atoms with van der Waals surface area (Å²) in [7, 11) is 0. The lowest BCUT2D eigenvalue weighted by molar-refractivity contribution is -0.122. The first-order valence-corrected chi connectivity index (χ1v) is 13.4. The van der Waals surface area contributed by atoms with Gasteiger partial charge >= 0.3 is 0 Å². The van der Waals surface area contributed by atoms with Crippen LogP contribution < -0.4 is 0 Å². The lowest BCUT2D eigenvalue weighted by Crippen LogP contribution is -2.38. The molecule has 6 heteroatoms. The van der Waals surface area contributed by atoms with E-state index in [-0.39, 0.29) is 6.47 Å². The van der Waals surface area contributed by atoms with Crippen LogP contribution in [-0.2, 0) is 4.79 Å². The van der Waals surface area contributed by atoms with Gasteiger partial charge in [0.2, 0.25) is 0 Å². The molecule has 2 fully saturated rings. The lowest BCUT2D eigenvalue weighted by Gasteiger charge is -2.33. The van der Waals surface area contributed by atoms with Crippen molar-refractivity contribution < 1.29 is 9.90 Å². The normalized spacial score (nSPS) is 21.6. The van der Waals surface area contributed by atoms with Gasteiger partial charge in [-0.3, -0.25) is 4.79 Å². The smallest absolute Gasteiger partial charge is 0.290 e. The average molecular weight is 519 g/mol. The molecule has 0 saturated carbocycles. The van der Waals surface area contributed by atoms with Crippen molar-refractivity contribution in [3.05, 3.63) is 57.9 Å². The van der Waals surface area contributed by atoms with Crippen molar-refractivity contribution >= 4 is 55.6 Å². The van der Waals surface area contributed by atoms with Crippen LogP contribution in [0.25, 0.3) is 10.1 Å². The molecule has 3 nitrogen and oxygen atoms in total. The van der Waals surface area contributed by atoms with E-state index in [9.17, 15) is 0 Å². The van der Waals surface area contributed by atoms with Crippen molar-refractivity contribution in [2.45, 2.75) is 60.3 Å². The molecule has 0 amide bonds. The number of carbonyl (C=O) groups is 1. The van der Waals surface area contributed by atoms with E-state index >= 15 is 0 Å². The zero-order valence-electron chi connectivity index (χ0n) is 17.5. The summed E-state index contributed by atoms with van der Waals surface area (Å²) in [5.41, 5.74) is 1.61. The fourth-order valence-electron chi connectivity index (χ4n) is 4.91. The Labute approximate surface area is 201 Å². The van der Waals surface area contributed by atoms with E-state index in [1.165, 1.54) is 76.0 Å². The van der Waals surface area contributed by atoms with Crippen LogP contribution in [0.2, 0.25) is 0 Å². The molecule has 1 aromatic heterocycles. The molecule has 2 aromatic carbocycles. The number of piperidine rings is 1. The molecule has 0 bridgehead atoms. The van der Waals surface area contributed by atoms with Crippen molar-refractivity contribution in [3.8, 4) is 0 Å². The van der Waals surface area contributed by atoms with E-state index in [2.05, 4.69) is 68.7 Å². The number of hydrogen-bond acceptors (Lipinski definition) is 4. The van der Waals surface area contributed by atoms with Crippen LogP contribution in [0.15, 0.2) is 62.1 Å². The van der Waals surface area contributed by atoms with E-state index in [1.807, 2.05) is 23.1 Å². The molecule has 3 aromatic rings. The summed E-state index contributed by atoms with van der Waals surface area (Å²) in [5, 5.41) is 10.8. The van der Waals surface area contributed by atoms with E-state index in [1.54, 1.807) is 5.56 Å². The predicted molar refractivity (Wildman–Crippen MR) is 135 cm³/mol. The number of thiophene rings is 1. The maximum absolute atomic E-state index is 8.36. The maximum Gasteiger partial charge on any atom is 0.290 e. The third-order valence-corrected chi connectivity index (χ3v) is 9.44. The van der Waals surface area contributed by atoms with Gasteiger partial charge in [0.15, 0.2) is 0 Å². The number of halogens is 1. The summed E-state index contributed by atoms with van der Waals surface area (Å²) in [4.78, 5) is 13.8. The highest BCUT2D eigenvalue weighted by molar-refractivity contribution is 9.10. The van der Waals surface area contributed by atoms with Gasteiger partial charge in [-0.2, -0.15) is 0 Å². The molecule has 0 spiro atoms. The Balaban J connectivity index is 0.000000730. The highest BCUT2D eigenvalue weighted by atomic mass is 79.9. The third-order valence-electron chi connectivity index (χ3n) is 6.44. The Morgan fingerprint density at radius 3 is 2.74 bits per heavy atom. The minimum absolute atomic E-state index is 0.250. The van der Waals surface area contributed by atoms with Crippen molar-refractivity contribution in [1.29, 1.82) is 0 Å². The fourth-order valence-corrected chi connectivity index (χ4v) is 7.34. The number of hydrogen-bond donors (Lipinski definition) is 1. The van der Waals surface area contributed by atoms with Crippen LogP contribution in [0.4, 0.5) is 0 Å². The molecule has 2 atom stereocenters. The number of nitrogens with zero attached hydrogens (tertiary/aromatic N) is 1. The molecular formula is C25H28BrNO2S2. The first kappa shape index (κ1) is 22.8. The van der Waals surface area contributed by atoms with Gasteiger partial charge in [-0.15, -0.1) is 11.3 Å². The summed E-state index contributed by atoms with van der Waals surface area (Å²) >= 11 is 7.47. The molecule has 3 heterocycles. The Bertz CT molecular complexity index is 1010. The first-order valence-electron chi connectivity index (χ1n) is 10.9. The quantitative estimate of drug-likeness (QED) is 0.362. The lowest BCUT2D eigenvalue weighted by atomic mass is 9.90. The van der Waals surface area contributed by atoms with E-state index < -0.39 is 0 Å². The second kappa shape index (κ2) is 11.0. The summed E-state index contributed by atoms with van der Waals surface area (Å²) in [6, 6.07) is 16.4.